The molecule has 1 aliphatic rings. The molecule has 34 heavy (non-hydrogen) atoms. The minimum Gasteiger partial charge on any atom is -0.489 e. The zero-order valence-electron chi connectivity index (χ0n) is 19.8. The number of aliphatic hydroxyl groups excluding tert-OH is 1. The molecule has 0 aliphatic carbocycles. The molecule has 0 amide bonds. The Kier molecular flexibility index (Phi) is 7.28. The van der Waals surface area contributed by atoms with Crippen LogP contribution in [0.25, 0.3) is 10.9 Å². The lowest BCUT2D eigenvalue weighted by Crippen LogP contribution is -2.35. The highest BCUT2D eigenvalue weighted by Crippen LogP contribution is 2.29. The molecular weight excluding hydrogens is 420 g/mol. The van der Waals surface area contributed by atoms with Gasteiger partial charge in [0.05, 0.1) is 6.10 Å². The highest BCUT2D eigenvalue weighted by molar-refractivity contribution is 5.85. The van der Waals surface area contributed by atoms with Crippen LogP contribution in [0.5, 0.6) is 5.75 Å². The molecule has 0 spiro atoms. The van der Waals surface area contributed by atoms with Crippen LogP contribution in [0.2, 0.25) is 0 Å². The number of rotatable bonds is 9. The van der Waals surface area contributed by atoms with E-state index in [1.165, 1.54) is 27.6 Å². The molecule has 1 fully saturated rings. The van der Waals surface area contributed by atoms with Gasteiger partial charge in [0.15, 0.2) is 0 Å². The average Bonchev–Trinajstić information content (AvgIpc) is 3.22. The predicted octanol–water partition coefficient (Wildman–Crippen LogP) is 5.81. The van der Waals surface area contributed by atoms with Gasteiger partial charge in [-0.3, -0.25) is 4.90 Å². The summed E-state index contributed by atoms with van der Waals surface area (Å²) in [6.07, 6.45) is 6.10. The smallest absolute Gasteiger partial charge is 0.120 e. The number of ether oxygens (including phenoxy) is 1. The Labute approximate surface area is 202 Å². The molecule has 4 aromatic rings. The summed E-state index contributed by atoms with van der Waals surface area (Å²) in [5.41, 5.74) is 5.18. The number of benzene rings is 3. The van der Waals surface area contributed by atoms with Crippen molar-refractivity contribution in [2.45, 2.75) is 51.5 Å². The minimum atomic E-state index is -0.145. The summed E-state index contributed by atoms with van der Waals surface area (Å²) in [5.74, 6) is 0.911. The van der Waals surface area contributed by atoms with Crippen molar-refractivity contribution in [1.29, 1.82) is 0 Å². The summed E-state index contributed by atoms with van der Waals surface area (Å²) < 4.78 is 8.56. The van der Waals surface area contributed by atoms with E-state index in [0.29, 0.717) is 6.61 Å². The average molecular weight is 455 g/mol. The standard InChI is InChI=1S/C30H34N2O2/c33-27-15-18-31(19-16-27)21-26-22-32(17-7-12-24-8-3-1-4-9-24)30-14-13-28(20-29(26)30)34-23-25-10-5-2-6-11-25/h1-6,8-11,13-14,20,22,27,33H,7,12,15-19,21,23H2. The van der Waals surface area contributed by atoms with E-state index in [2.05, 4.69) is 76.3 Å². The van der Waals surface area contributed by atoms with Crippen LogP contribution in [0, 0.1) is 0 Å². The first-order valence-corrected chi connectivity index (χ1v) is 12.5. The molecule has 4 heteroatoms. The molecule has 0 saturated carbocycles. The van der Waals surface area contributed by atoms with E-state index in [1.807, 2.05) is 18.2 Å². The highest BCUT2D eigenvalue weighted by atomic mass is 16.5. The molecule has 4 nitrogen and oxygen atoms in total. The first-order chi connectivity index (χ1) is 16.7. The fourth-order valence-corrected chi connectivity index (χ4v) is 4.91. The van der Waals surface area contributed by atoms with Crippen LogP contribution in [0.15, 0.2) is 85.1 Å². The lowest BCUT2D eigenvalue weighted by atomic mass is 10.1. The quantitative estimate of drug-likeness (QED) is 0.347. The molecule has 1 saturated heterocycles. The van der Waals surface area contributed by atoms with Gasteiger partial charge in [-0.2, -0.15) is 0 Å². The van der Waals surface area contributed by atoms with Crippen LogP contribution in [0.4, 0.5) is 0 Å². The molecule has 1 aliphatic heterocycles. The molecule has 0 atom stereocenters. The molecule has 2 heterocycles. The van der Waals surface area contributed by atoms with E-state index in [0.717, 1.165) is 57.6 Å². The van der Waals surface area contributed by atoms with Crippen LogP contribution < -0.4 is 4.74 Å². The van der Waals surface area contributed by atoms with Crippen molar-refractivity contribution < 1.29 is 9.84 Å². The Morgan fingerprint density at radius 3 is 2.29 bits per heavy atom. The summed E-state index contributed by atoms with van der Waals surface area (Å²) in [6, 6.07) is 27.6. The minimum absolute atomic E-state index is 0.145. The number of likely N-dealkylation sites (tertiary alicyclic amines) is 1. The topological polar surface area (TPSA) is 37.6 Å². The second-order valence-corrected chi connectivity index (χ2v) is 9.40. The Bertz CT molecular complexity index is 1180. The zero-order chi connectivity index (χ0) is 23.2. The van der Waals surface area contributed by atoms with Crippen LogP contribution in [0.3, 0.4) is 0 Å². The maximum absolute atomic E-state index is 9.90. The van der Waals surface area contributed by atoms with E-state index >= 15 is 0 Å². The van der Waals surface area contributed by atoms with Gasteiger partial charge in [-0.15, -0.1) is 0 Å². The van der Waals surface area contributed by atoms with Gasteiger partial charge < -0.3 is 14.4 Å². The van der Waals surface area contributed by atoms with E-state index in [-0.39, 0.29) is 6.10 Å². The highest BCUT2D eigenvalue weighted by Gasteiger charge is 2.19. The molecule has 176 valence electrons. The number of hydrogen-bond acceptors (Lipinski definition) is 3. The fraction of sp³-hybridized carbons (Fsp3) is 0.333. The maximum atomic E-state index is 9.90. The predicted molar refractivity (Wildman–Crippen MR) is 138 cm³/mol. The Hall–Kier alpha value is -3.08. The third-order valence-electron chi connectivity index (χ3n) is 6.84. The van der Waals surface area contributed by atoms with E-state index in [4.69, 9.17) is 4.74 Å². The largest absolute Gasteiger partial charge is 0.489 e. The monoisotopic (exact) mass is 454 g/mol. The lowest BCUT2D eigenvalue weighted by molar-refractivity contribution is 0.0794. The van der Waals surface area contributed by atoms with Gasteiger partial charge in [0.2, 0.25) is 0 Å². The molecular formula is C30H34N2O2. The summed E-state index contributed by atoms with van der Waals surface area (Å²) in [7, 11) is 0. The summed E-state index contributed by atoms with van der Waals surface area (Å²) in [4.78, 5) is 2.47. The first-order valence-electron chi connectivity index (χ1n) is 12.5. The van der Waals surface area contributed by atoms with Crippen LogP contribution in [0.1, 0.15) is 36.0 Å². The number of aryl methyl sites for hydroxylation is 2. The number of aliphatic hydroxyl groups is 1. The van der Waals surface area contributed by atoms with Crippen molar-refractivity contribution in [3.8, 4) is 5.75 Å². The summed E-state index contributed by atoms with van der Waals surface area (Å²) in [5, 5.41) is 11.2. The lowest BCUT2D eigenvalue weighted by Gasteiger charge is -2.29. The molecule has 0 unspecified atom stereocenters. The van der Waals surface area contributed by atoms with Gasteiger partial charge in [0.25, 0.3) is 0 Å². The number of piperidine rings is 1. The van der Waals surface area contributed by atoms with Gasteiger partial charge in [-0.25, -0.2) is 0 Å². The van der Waals surface area contributed by atoms with Gasteiger partial charge in [0.1, 0.15) is 12.4 Å². The Balaban J connectivity index is 1.35. The van der Waals surface area contributed by atoms with Crippen molar-refractivity contribution in [2.75, 3.05) is 13.1 Å². The van der Waals surface area contributed by atoms with Crippen molar-refractivity contribution in [3.05, 3.63) is 102 Å². The van der Waals surface area contributed by atoms with Crippen molar-refractivity contribution >= 4 is 10.9 Å². The summed E-state index contributed by atoms with van der Waals surface area (Å²) >= 11 is 0. The molecule has 3 aromatic carbocycles. The van der Waals surface area contributed by atoms with Crippen LogP contribution in [-0.4, -0.2) is 33.8 Å². The SMILES string of the molecule is OC1CCN(Cc2cn(CCCc3ccccc3)c3ccc(OCc4ccccc4)cc23)CC1. The molecule has 0 bridgehead atoms. The number of hydrogen-bond donors (Lipinski definition) is 1. The van der Waals surface area contributed by atoms with E-state index in [1.54, 1.807) is 0 Å². The van der Waals surface area contributed by atoms with Crippen molar-refractivity contribution in [2.24, 2.45) is 0 Å². The van der Waals surface area contributed by atoms with Gasteiger partial charge >= 0.3 is 0 Å². The van der Waals surface area contributed by atoms with E-state index in [9.17, 15) is 5.11 Å². The van der Waals surface area contributed by atoms with Crippen LogP contribution in [-0.2, 0) is 26.1 Å². The third kappa shape index (κ3) is 5.69. The van der Waals surface area contributed by atoms with Gasteiger partial charge in [-0.1, -0.05) is 60.7 Å². The number of fused-ring (bicyclic) bond motifs is 1. The third-order valence-corrected chi connectivity index (χ3v) is 6.84. The maximum Gasteiger partial charge on any atom is 0.120 e. The van der Waals surface area contributed by atoms with Gasteiger partial charge in [0, 0.05) is 43.3 Å². The van der Waals surface area contributed by atoms with Gasteiger partial charge in [-0.05, 0) is 60.6 Å². The zero-order valence-corrected chi connectivity index (χ0v) is 19.8. The molecule has 1 aromatic heterocycles. The normalized spacial score (nSPS) is 15.1. The number of nitrogens with zero attached hydrogens (tertiary/aromatic N) is 2. The molecule has 5 rings (SSSR count). The van der Waals surface area contributed by atoms with Crippen LogP contribution >= 0.6 is 0 Å². The number of aromatic nitrogens is 1. The van der Waals surface area contributed by atoms with E-state index < -0.39 is 0 Å². The molecule has 0 radical (unpaired) electrons. The summed E-state index contributed by atoms with van der Waals surface area (Å²) in [6.45, 7) is 4.38. The molecule has 1 N–H and O–H groups in total. The first kappa shape index (κ1) is 22.7. The second kappa shape index (κ2) is 10.9. The fourth-order valence-electron chi connectivity index (χ4n) is 4.91. The Morgan fingerprint density at radius 2 is 1.56 bits per heavy atom. The Morgan fingerprint density at radius 1 is 0.853 bits per heavy atom. The second-order valence-electron chi connectivity index (χ2n) is 9.40. The van der Waals surface area contributed by atoms with Crippen molar-refractivity contribution in [1.82, 2.24) is 9.47 Å². The van der Waals surface area contributed by atoms with Crippen molar-refractivity contribution in [3.63, 3.8) is 0 Å².